The van der Waals surface area contributed by atoms with Gasteiger partial charge in [0.05, 0.1) is 17.9 Å². The van der Waals surface area contributed by atoms with Crippen molar-refractivity contribution in [2.24, 2.45) is 5.73 Å². The summed E-state index contributed by atoms with van der Waals surface area (Å²) in [6, 6.07) is 6.12. The number of hydrogen-bond acceptors (Lipinski definition) is 3. The Labute approximate surface area is 108 Å². The van der Waals surface area contributed by atoms with Gasteiger partial charge in [-0.1, -0.05) is 19.9 Å². The zero-order chi connectivity index (χ0) is 13.0. The van der Waals surface area contributed by atoms with Gasteiger partial charge in [0.1, 0.15) is 0 Å². The van der Waals surface area contributed by atoms with Crippen molar-refractivity contribution < 1.29 is 0 Å². The van der Waals surface area contributed by atoms with E-state index in [0.717, 1.165) is 29.8 Å². The van der Waals surface area contributed by atoms with E-state index in [1.165, 1.54) is 5.69 Å². The molecule has 0 bridgehead atoms. The van der Waals surface area contributed by atoms with Gasteiger partial charge in [-0.3, -0.25) is 9.67 Å². The first kappa shape index (κ1) is 12.8. The van der Waals surface area contributed by atoms with Gasteiger partial charge in [-0.2, -0.15) is 5.10 Å². The lowest BCUT2D eigenvalue weighted by atomic mass is 10.2. The number of aromatic nitrogens is 3. The normalized spacial score (nSPS) is 10.8. The van der Waals surface area contributed by atoms with Crippen LogP contribution in [0.4, 0.5) is 0 Å². The highest BCUT2D eigenvalue weighted by molar-refractivity contribution is 5.21. The molecule has 2 aromatic rings. The summed E-state index contributed by atoms with van der Waals surface area (Å²) in [5.41, 5.74) is 10.2. The number of pyridine rings is 1. The molecule has 0 aliphatic rings. The molecule has 0 unspecified atom stereocenters. The summed E-state index contributed by atoms with van der Waals surface area (Å²) in [6.45, 7) is 5.50. The first-order chi connectivity index (χ1) is 8.78. The van der Waals surface area contributed by atoms with Gasteiger partial charge in [-0.25, -0.2) is 0 Å². The van der Waals surface area contributed by atoms with E-state index in [1.54, 1.807) is 0 Å². The Kier molecular flexibility index (Phi) is 4.10. The summed E-state index contributed by atoms with van der Waals surface area (Å²) in [5.74, 6) is 0. The van der Waals surface area contributed by atoms with Gasteiger partial charge in [0.2, 0.25) is 0 Å². The third kappa shape index (κ3) is 2.59. The summed E-state index contributed by atoms with van der Waals surface area (Å²) < 4.78 is 2.04. The molecule has 0 aliphatic carbocycles. The van der Waals surface area contributed by atoms with Crippen molar-refractivity contribution >= 4 is 0 Å². The minimum atomic E-state index is 0.520. The molecule has 0 radical (unpaired) electrons. The van der Waals surface area contributed by atoms with E-state index in [1.807, 2.05) is 23.0 Å². The van der Waals surface area contributed by atoms with Crippen molar-refractivity contribution in [2.75, 3.05) is 0 Å². The van der Waals surface area contributed by atoms with Crippen LogP contribution in [-0.2, 0) is 25.9 Å². The van der Waals surface area contributed by atoms with Gasteiger partial charge >= 0.3 is 0 Å². The van der Waals surface area contributed by atoms with Crippen molar-refractivity contribution in [3.05, 3.63) is 47.0 Å². The number of aryl methyl sites for hydroxylation is 2. The van der Waals surface area contributed by atoms with Crippen LogP contribution in [0.15, 0.2) is 24.4 Å². The minimum Gasteiger partial charge on any atom is -0.326 e. The van der Waals surface area contributed by atoms with Crippen LogP contribution < -0.4 is 5.73 Å². The molecule has 0 aromatic carbocycles. The zero-order valence-electron chi connectivity index (χ0n) is 11.1. The van der Waals surface area contributed by atoms with E-state index in [4.69, 9.17) is 5.73 Å². The highest BCUT2D eigenvalue weighted by Gasteiger charge is 2.08. The van der Waals surface area contributed by atoms with E-state index in [0.29, 0.717) is 13.1 Å². The fourth-order valence-corrected chi connectivity index (χ4v) is 2.05. The van der Waals surface area contributed by atoms with Crippen LogP contribution in [0.5, 0.6) is 0 Å². The highest BCUT2D eigenvalue weighted by Crippen LogP contribution is 2.11. The SMILES string of the molecule is CCc1cc(CC)n(Cc2ncccc2CN)n1. The molecular weight excluding hydrogens is 224 g/mol. The van der Waals surface area contributed by atoms with Crippen LogP contribution in [0.2, 0.25) is 0 Å². The molecular formula is C14H20N4. The predicted octanol–water partition coefficient (Wildman–Crippen LogP) is 1.91. The Morgan fingerprint density at radius 3 is 2.78 bits per heavy atom. The lowest BCUT2D eigenvalue weighted by Crippen LogP contribution is -2.11. The van der Waals surface area contributed by atoms with Gasteiger partial charge in [-0.15, -0.1) is 0 Å². The summed E-state index contributed by atoms with van der Waals surface area (Å²) in [7, 11) is 0. The average Bonchev–Trinajstić information content (AvgIpc) is 2.81. The van der Waals surface area contributed by atoms with Gasteiger partial charge in [0.15, 0.2) is 0 Å². The molecule has 96 valence electrons. The summed E-state index contributed by atoms with van der Waals surface area (Å²) in [4.78, 5) is 4.41. The predicted molar refractivity (Wildman–Crippen MR) is 72.2 cm³/mol. The molecule has 0 saturated heterocycles. The van der Waals surface area contributed by atoms with Gasteiger partial charge in [0, 0.05) is 18.4 Å². The maximum Gasteiger partial charge on any atom is 0.0837 e. The zero-order valence-corrected chi connectivity index (χ0v) is 11.1. The number of nitrogens with two attached hydrogens (primary N) is 1. The molecule has 2 heterocycles. The van der Waals surface area contributed by atoms with E-state index in [-0.39, 0.29) is 0 Å². The molecule has 2 N–H and O–H groups in total. The smallest absolute Gasteiger partial charge is 0.0837 e. The minimum absolute atomic E-state index is 0.520. The van der Waals surface area contributed by atoms with Crippen LogP contribution >= 0.6 is 0 Å². The van der Waals surface area contributed by atoms with Crippen LogP contribution in [0, 0.1) is 0 Å². The molecule has 0 atom stereocenters. The second-order valence-corrected chi connectivity index (χ2v) is 4.31. The van der Waals surface area contributed by atoms with Gasteiger partial charge in [-0.05, 0) is 30.5 Å². The standard InChI is InChI=1S/C14H20N4/c1-3-12-8-13(4-2)18(17-12)10-14-11(9-15)6-5-7-16-14/h5-8H,3-4,9-10,15H2,1-2H3. The molecule has 2 rings (SSSR count). The highest BCUT2D eigenvalue weighted by atomic mass is 15.3. The summed E-state index contributed by atoms with van der Waals surface area (Å²) in [5, 5.41) is 4.61. The summed E-state index contributed by atoms with van der Waals surface area (Å²) in [6.07, 6.45) is 3.76. The van der Waals surface area contributed by atoms with Crippen molar-refractivity contribution in [3.8, 4) is 0 Å². The Balaban J connectivity index is 2.30. The molecule has 2 aromatic heterocycles. The van der Waals surface area contributed by atoms with Gasteiger partial charge in [0.25, 0.3) is 0 Å². The topological polar surface area (TPSA) is 56.7 Å². The summed E-state index contributed by atoms with van der Waals surface area (Å²) >= 11 is 0. The molecule has 0 amide bonds. The Bertz CT molecular complexity index is 516. The molecule has 18 heavy (non-hydrogen) atoms. The van der Waals surface area contributed by atoms with Crippen LogP contribution in [-0.4, -0.2) is 14.8 Å². The second kappa shape index (κ2) is 5.78. The molecule has 4 heteroatoms. The van der Waals surface area contributed by atoms with Crippen LogP contribution in [0.25, 0.3) is 0 Å². The molecule has 0 saturated carbocycles. The van der Waals surface area contributed by atoms with Crippen molar-refractivity contribution in [1.82, 2.24) is 14.8 Å². The Morgan fingerprint density at radius 2 is 2.11 bits per heavy atom. The van der Waals surface area contributed by atoms with E-state index in [2.05, 4.69) is 30.0 Å². The van der Waals surface area contributed by atoms with Crippen molar-refractivity contribution in [2.45, 2.75) is 39.8 Å². The third-order valence-electron chi connectivity index (χ3n) is 3.14. The number of hydrogen-bond donors (Lipinski definition) is 1. The van der Waals surface area contributed by atoms with Gasteiger partial charge < -0.3 is 5.73 Å². The fraction of sp³-hybridized carbons (Fsp3) is 0.429. The van der Waals surface area contributed by atoms with Crippen molar-refractivity contribution in [3.63, 3.8) is 0 Å². The van der Waals surface area contributed by atoms with E-state index in [9.17, 15) is 0 Å². The fourth-order valence-electron chi connectivity index (χ4n) is 2.05. The van der Waals surface area contributed by atoms with Crippen molar-refractivity contribution in [1.29, 1.82) is 0 Å². The monoisotopic (exact) mass is 244 g/mol. The second-order valence-electron chi connectivity index (χ2n) is 4.31. The Morgan fingerprint density at radius 1 is 1.28 bits per heavy atom. The maximum atomic E-state index is 5.74. The first-order valence-electron chi connectivity index (χ1n) is 6.46. The molecule has 0 spiro atoms. The number of rotatable bonds is 5. The lowest BCUT2D eigenvalue weighted by molar-refractivity contribution is 0.625. The molecule has 4 nitrogen and oxygen atoms in total. The lowest BCUT2D eigenvalue weighted by Gasteiger charge is -2.08. The largest absolute Gasteiger partial charge is 0.326 e. The van der Waals surface area contributed by atoms with E-state index < -0.39 is 0 Å². The quantitative estimate of drug-likeness (QED) is 0.874. The third-order valence-corrected chi connectivity index (χ3v) is 3.14. The molecule has 0 fully saturated rings. The Hall–Kier alpha value is -1.68. The van der Waals surface area contributed by atoms with Crippen LogP contribution in [0.1, 0.15) is 36.5 Å². The van der Waals surface area contributed by atoms with Crippen LogP contribution in [0.3, 0.4) is 0 Å². The first-order valence-corrected chi connectivity index (χ1v) is 6.46. The maximum absolute atomic E-state index is 5.74. The number of nitrogens with zero attached hydrogens (tertiary/aromatic N) is 3. The van der Waals surface area contributed by atoms with E-state index >= 15 is 0 Å². The molecule has 0 aliphatic heterocycles. The average molecular weight is 244 g/mol.